The normalized spacial score (nSPS) is 18.6. The Kier molecular flexibility index (Phi) is 6.25. The highest BCUT2D eigenvalue weighted by Crippen LogP contribution is 2.16. The van der Waals surface area contributed by atoms with Crippen LogP contribution in [0.3, 0.4) is 0 Å². The third kappa shape index (κ3) is 4.93. The highest BCUT2D eigenvalue weighted by atomic mass is 16.3. The lowest BCUT2D eigenvalue weighted by Crippen LogP contribution is -2.51. The maximum absolute atomic E-state index is 9.27. The Labute approximate surface area is 150 Å². The Morgan fingerprint density at radius 1 is 1.00 bits per heavy atom. The van der Waals surface area contributed by atoms with Gasteiger partial charge in [-0.3, -0.25) is 4.90 Å². The van der Waals surface area contributed by atoms with Gasteiger partial charge in [-0.2, -0.15) is 0 Å². The zero-order chi connectivity index (χ0) is 17.5. The molecule has 0 aromatic heterocycles. The van der Waals surface area contributed by atoms with E-state index < -0.39 is 0 Å². The third-order valence-electron chi connectivity index (χ3n) is 4.85. The minimum atomic E-state index is 0.252. The van der Waals surface area contributed by atoms with E-state index in [-0.39, 0.29) is 6.61 Å². The summed E-state index contributed by atoms with van der Waals surface area (Å²) in [7, 11) is 2.15. The molecule has 25 heavy (non-hydrogen) atoms. The van der Waals surface area contributed by atoms with Gasteiger partial charge < -0.3 is 10.0 Å². The molecule has 2 aromatic carbocycles. The molecule has 0 saturated carbocycles. The van der Waals surface area contributed by atoms with E-state index in [2.05, 4.69) is 53.0 Å². The van der Waals surface area contributed by atoms with E-state index in [9.17, 15) is 5.11 Å². The molecule has 1 saturated heterocycles. The predicted molar refractivity (Wildman–Crippen MR) is 102 cm³/mol. The van der Waals surface area contributed by atoms with E-state index in [0.717, 1.165) is 43.7 Å². The molecule has 130 valence electrons. The molecule has 0 radical (unpaired) electrons. The van der Waals surface area contributed by atoms with Gasteiger partial charge in [0.2, 0.25) is 0 Å². The van der Waals surface area contributed by atoms with E-state index in [1.807, 2.05) is 30.3 Å². The molecule has 1 aliphatic heterocycles. The zero-order valence-corrected chi connectivity index (χ0v) is 14.9. The van der Waals surface area contributed by atoms with Gasteiger partial charge in [0, 0.05) is 50.0 Å². The SMILES string of the molecule is CN1CCN(Cc2ccccc2C#Cc2ccccc2)C[C@H]1CCO. The first kappa shape index (κ1) is 17.7. The van der Waals surface area contributed by atoms with Gasteiger partial charge in [-0.1, -0.05) is 48.2 Å². The molecule has 1 fully saturated rings. The first-order chi connectivity index (χ1) is 12.3. The first-order valence-electron chi connectivity index (χ1n) is 8.94. The van der Waals surface area contributed by atoms with Crippen molar-refractivity contribution < 1.29 is 5.11 Å². The van der Waals surface area contributed by atoms with Crippen LogP contribution in [0.25, 0.3) is 0 Å². The molecular formula is C22H26N2O. The second-order valence-electron chi connectivity index (χ2n) is 6.66. The number of benzene rings is 2. The molecule has 0 bridgehead atoms. The minimum absolute atomic E-state index is 0.252. The van der Waals surface area contributed by atoms with Crippen molar-refractivity contribution in [3.8, 4) is 11.8 Å². The molecule has 3 rings (SSSR count). The molecule has 1 atom stereocenters. The fourth-order valence-electron chi connectivity index (χ4n) is 3.30. The van der Waals surface area contributed by atoms with E-state index in [1.165, 1.54) is 5.56 Å². The summed E-state index contributed by atoms with van der Waals surface area (Å²) in [5.74, 6) is 6.60. The lowest BCUT2D eigenvalue weighted by molar-refractivity contribution is 0.0743. The van der Waals surface area contributed by atoms with Crippen LogP contribution >= 0.6 is 0 Å². The molecule has 3 nitrogen and oxygen atoms in total. The molecule has 2 aromatic rings. The van der Waals surface area contributed by atoms with Crippen molar-refractivity contribution >= 4 is 0 Å². The van der Waals surface area contributed by atoms with E-state index in [4.69, 9.17) is 0 Å². The summed E-state index contributed by atoms with van der Waals surface area (Å²) in [5, 5.41) is 9.27. The van der Waals surface area contributed by atoms with Crippen LogP contribution in [0.1, 0.15) is 23.1 Å². The number of nitrogens with zero attached hydrogens (tertiary/aromatic N) is 2. The second kappa shape index (κ2) is 8.82. The average Bonchev–Trinajstić information content (AvgIpc) is 2.65. The number of hydrogen-bond acceptors (Lipinski definition) is 3. The van der Waals surface area contributed by atoms with Gasteiger partial charge in [0.25, 0.3) is 0 Å². The van der Waals surface area contributed by atoms with E-state index in [0.29, 0.717) is 6.04 Å². The van der Waals surface area contributed by atoms with Crippen LogP contribution in [0.2, 0.25) is 0 Å². The van der Waals surface area contributed by atoms with Crippen molar-refractivity contribution in [2.45, 2.75) is 19.0 Å². The van der Waals surface area contributed by atoms with Gasteiger partial charge in [-0.05, 0) is 37.2 Å². The molecule has 1 N–H and O–H groups in total. The standard InChI is InChI=1S/C22H26N2O/c1-23-14-15-24(18-22(23)13-16-25)17-21-10-6-5-9-20(21)12-11-19-7-3-2-4-8-19/h2-10,22,25H,13-18H2,1H3/t22-/m1/s1. The number of hydrogen-bond donors (Lipinski definition) is 1. The molecule has 0 amide bonds. The molecule has 1 heterocycles. The second-order valence-corrected chi connectivity index (χ2v) is 6.66. The smallest absolute Gasteiger partial charge is 0.0446 e. The van der Waals surface area contributed by atoms with E-state index >= 15 is 0 Å². The largest absolute Gasteiger partial charge is 0.396 e. The molecule has 3 heteroatoms. The number of aliphatic hydroxyl groups is 1. The highest BCUT2D eigenvalue weighted by Gasteiger charge is 2.24. The lowest BCUT2D eigenvalue weighted by Gasteiger charge is -2.39. The van der Waals surface area contributed by atoms with Crippen LogP contribution in [0.4, 0.5) is 0 Å². The summed E-state index contributed by atoms with van der Waals surface area (Å²) >= 11 is 0. The summed E-state index contributed by atoms with van der Waals surface area (Å²) in [6.07, 6.45) is 0.836. The Morgan fingerprint density at radius 2 is 1.76 bits per heavy atom. The van der Waals surface area contributed by atoms with E-state index in [1.54, 1.807) is 0 Å². The van der Waals surface area contributed by atoms with Gasteiger partial charge in [-0.25, -0.2) is 0 Å². The average molecular weight is 334 g/mol. The minimum Gasteiger partial charge on any atom is -0.396 e. The van der Waals surface area contributed by atoms with Gasteiger partial charge in [-0.15, -0.1) is 0 Å². The van der Waals surface area contributed by atoms with Crippen LogP contribution < -0.4 is 0 Å². The Morgan fingerprint density at radius 3 is 2.56 bits per heavy atom. The van der Waals surface area contributed by atoms with Gasteiger partial charge >= 0.3 is 0 Å². The topological polar surface area (TPSA) is 26.7 Å². The molecular weight excluding hydrogens is 308 g/mol. The number of aliphatic hydroxyl groups excluding tert-OH is 1. The van der Waals surface area contributed by atoms with Crippen molar-refractivity contribution in [2.24, 2.45) is 0 Å². The van der Waals surface area contributed by atoms with Gasteiger partial charge in [0.15, 0.2) is 0 Å². The molecule has 0 unspecified atom stereocenters. The highest BCUT2D eigenvalue weighted by molar-refractivity contribution is 5.46. The monoisotopic (exact) mass is 334 g/mol. The summed E-state index contributed by atoms with van der Waals surface area (Å²) in [6, 6.07) is 19.0. The number of rotatable bonds is 4. The Bertz CT molecular complexity index is 732. The summed E-state index contributed by atoms with van der Waals surface area (Å²) < 4.78 is 0. The first-order valence-corrected chi connectivity index (χ1v) is 8.94. The predicted octanol–water partition coefficient (Wildman–Crippen LogP) is 2.58. The van der Waals surface area contributed by atoms with Gasteiger partial charge in [0.05, 0.1) is 0 Å². The van der Waals surface area contributed by atoms with Crippen molar-refractivity contribution in [2.75, 3.05) is 33.3 Å². The molecule has 0 spiro atoms. The van der Waals surface area contributed by atoms with Crippen molar-refractivity contribution in [3.63, 3.8) is 0 Å². The number of piperazine rings is 1. The Balaban J connectivity index is 1.72. The maximum Gasteiger partial charge on any atom is 0.0446 e. The van der Waals surface area contributed by atoms with Gasteiger partial charge in [0.1, 0.15) is 0 Å². The van der Waals surface area contributed by atoms with Crippen molar-refractivity contribution in [3.05, 3.63) is 71.3 Å². The third-order valence-corrected chi connectivity index (χ3v) is 4.85. The maximum atomic E-state index is 9.27. The van der Waals surface area contributed by atoms with Crippen LogP contribution in [-0.2, 0) is 6.54 Å². The number of likely N-dealkylation sites (N-methyl/N-ethyl adjacent to an activating group) is 1. The summed E-state index contributed by atoms with van der Waals surface area (Å²) in [4.78, 5) is 4.83. The van der Waals surface area contributed by atoms with Crippen LogP contribution in [0.15, 0.2) is 54.6 Å². The summed E-state index contributed by atoms with van der Waals surface area (Å²) in [6.45, 7) is 4.26. The Hall–Kier alpha value is -2.12. The van der Waals surface area contributed by atoms with Crippen molar-refractivity contribution in [1.29, 1.82) is 0 Å². The quantitative estimate of drug-likeness (QED) is 0.871. The summed E-state index contributed by atoms with van der Waals surface area (Å²) in [5.41, 5.74) is 3.42. The molecule has 0 aliphatic carbocycles. The van der Waals surface area contributed by atoms with Crippen LogP contribution in [0, 0.1) is 11.8 Å². The van der Waals surface area contributed by atoms with Crippen LogP contribution in [0.5, 0.6) is 0 Å². The molecule has 1 aliphatic rings. The zero-order valence-electron chi connectivity index (χ0n) is 14.9. The fourth-order valence-corrected chi connectivity index (χ4v) is 3.30. The van der Waals surface area contributed by atoms with Crippen molar-refractivity contribution in [1.82, 2.24) is 9.80 Å². The fraction of sp³-hybridized carbons (Fsp3) is 0.364. The lowest BCUT2D eigenvalue weighted by atomic mass is 10.0. The van der Waals surface area contributed by atoms with Crippen LogP contribution in [-0.4, -0.2) is 54.2 Å².